The molecule has 0 aromatic heterocycles. The van der Waals surface area contributed by atoms with Crippen LogP contribution in [-0.4, -0.2) is 13.1 Å². The summed E-state index contributed by atoms with van der Waals surface area (Å²) in [6, 6.07) is 7.73. The molecule has 0 atom stereocenters. The second-order valence-electron chi connectivity index (χ2n) is 5.57. The lowest BCUT2D eigenvalue weighted by Gasteiger charge is -2.23. The molecule has 3 nitrogen and oxygen atoms in total. The lowest BCUT2D eigenvalue weighted by molar-refractivity contribution is -0.130. The van der Waals surface area contributed by atoms with Crippen LogP contribution in [0.15, 0.2) is 47.5 Å². The normalized spacial score (nSPS) is 13.3. The van der Waals surface area contributed by atoms with Crippen LogP contribution in [0, 0.1) is 0 Å². The smallest absolute Gasteiger partial charge is 0.338 e. The number of fused-ring (bicyclic) bond motifs is 2. The number of allylic oxidation sites excluding steroid dienone is 2. The molecule has 0 aliphatic heterocycles. The largest absolute Gasteiger partial charge is 0.496 e. The van der Waals surface area contributed by atoms with E-state index in [0.29, 0.717) is 24.2 Å². The zero-order valence-corrected chi connectivity index (χ0v) is 13.9. The van der Waals surface area contributed by atoms with Crippen LogP contribution < -0.4 is 9.47 Å². The molecule has 0 bridgehead atoms. The molecule has 0 saturated carbocycles. The van der Waals surface area contributed by atoms with E-state index < -0.39 is 5.97 Å². The average molecular weight is 329 g/mol. The Bertz CT molecular complexity index is 849. The summed E-state index contributed by atoms with van der Waals surface area (Å²) in [7, 11) is 1.65. The molecule has 0 spiro atoms. The second kappa shape index (κ2) is 6.09. The molecule has 0 saturated heterocycles. The summed E-state index contributed by atoms with van der Waals surface area (Å²) in [6.45, 7) is 5.29. The van der Waals surface area contributed by atoms with E-state index >= 15 is 0 Å². The van der Waals surface area contributed by atoms with Gasteiger partial charge in [-0.2, -0.15) is 0 Å². The summed E-state index contributed by atoms with van der Waals surface area (Å²) in [6.07, 6.45) is 3.14. The van der Waals surface area contributed by atoms with Crippen LogP contribution in [0.3, 0.4) is 0 Å². The van der Waals surface area contributed by atoms with Crippen molar-refractivity contribution in [3.8, 4) is 11.5 Å². The lowest BCUT2D eigenvalue weighted by Crippen LogP contribution is -2.13. The first-order valence-electron chi connectivity index (χ1n) is 7.35. The molecule has 0 heterocycles. The minimum absolute atomic E-state index is 0.357. The molecule has 2 aromatic carbocycles. The van der Waals surface area contributed by atoms with Crippen LogP contribution in [0.1, 0.15) is 18.1 Å². The number of carbonyl (C=O) groups excluding carboxylic acids is 1. The maximum Gasteiger partial charge on any atom is 0.338 e. The number of methoxy groups -OCH3 is 1. The molecule has 0 N–H and O–H groups in total. The summed E-state index contributed by atoms with van der Waals surface area (Å²) < 4.78 is 11.3. The van der Waals surface area contributed by atoms with Gasteiger partial charge in [-0.1, -0.05) is 48.5 Å². The molecule has 23 heavy (non-hydrogen) atoms. The Hall–Kier alpha value is -2.26. The van der Waals surface area contributed by atoms with E-state index in [1.807, 2.05) is 30.3 Å². The summed E-state index contributed by atoms with van der Waals surface area (Å²) in [5.41, 5.74) is 2.28. The van der Waals surface area contributed by atoms with Gasteiger partial charge in [0.05, 0.1) is 7.11 Å². The first-order chi connectivity index (χ1) is 11.0. The minimum Gasteiger partial charge on any atom is -0.496 e. The number of hydrogen-bond donors (Lipinski definition) is 0. The van der Waals surface area contributed by atoms with E-state index in [9.17, 15) is 4.79 Å². The quantitative estimate of drug-likeness (QED) is 0.471. The van der Waals surface area contributed by atoms with Crippen LogP contribution in [-0.2, 0) is 17.6 Å². The number of carbonyl (C=O) groups is 1. The molecule has 0 radical (unpaired) electrons. The zero-order valence-electron chi connectivity index (χ0n) is 13.1. The third-order valence-corrected chi connectivity index (χ3v) is 4.24. The van der Waals surface area contributed by atoms with Crippen molar-refractivity contribution in [2.45, 2.75) is 19.8 Å². The van der Waals surface area contributed by atoms with Crippen molar-refractivity contribution in [1.29, 1.82) is 0 Å². The highest BCUT2D eigenvalue weighted by molar-refractivity contribution is 6.30. The zero-order chi connectivity index (χ0) is 16.6. The van der Waals surface area contributed by atoms with Crippen molar-refractivity contribution in [2.75, 3.05) is 7.11 Å². The molecule has 4 heteroatoms. The molecule has 1 aliphatic carbocycles. The molecule has 0 unspecified atom stereocenters. The number of rotatable bonds is 3. The predicted octanol–water partition coefficient (Wildman–Crippen LogP) is 4.55. The molecule has 0 amide bonds. The number of benzene rings is 2. The first-order valence-corrected chi connectivity index (χ1v) is 7.73. The first kappa shape index (κ1) is 15.6. The van der Waals surface area contributed by atoms with Crippen LogP contribution in [0.4, 0.5) is 0 Å². The van der Waals surface area contributed by atoms with Crippen LogP contribution in [0.2, 0.25) is 0 Å². The molecular formula is C19H17ClO3. The van der Waals surface area contributed by atoms with E-state index in [2.05, 4.69) is 6.58 Å². The lowest BCUT2D eigenvalue weighted by atomic mass is 9.90. The number of hydrogen-bond acceptors (Lipinski definition) is 3. The van der Waals surface area contributed by atoms with Crippen molar-refractivity contribution in [2.24, 2.45) is 0 Å². The Morgan fingerprint density at radius 1 is 1.17 bits per heavy atom. The van der Waals surface area contributed by atoms with Crippen LogP contribution in [0.5, 0.6) is 11.5 Å². The van der Waals surface area contributed by atoms with Gasteiger partial charge in [0.25, 0.3) is 0 Å². The van der Waals surface area contributed by atoms with Crippen molar-refractivity contribution in [1.82, 2.24) is 0 Å². The molecule has 0 fully saturated rings. The van der Waals surface area contributed by atoms with Gasteiger partial charge in [-0.3, -0.25) is 0 Å². The van der Waals surface area contributed by atoms with Gasteiger partial charge in [0, 0.05) is 38.9 Å². The second-order valence-corrected chi connectivity index (χ2v) is 6.05. The van der Waals surface area contributed by atoms with E-state index in [1.54, 1.807) is 14.0 Å². The van der Waals surface area contributed by atoms with Crippen LogP contribution >= 0.6 is 11.6 Å². The topological polar surface area (TPSA) is 35.5 Å². The Kier molecular flexibility index (Phi) is 4.14. The molecule has 1 aliphatic rings. The van der Waals surface area contributed by atoms with Crippen molar-refractivity contribution >= 4 is 28.3 Å². The minimum atomic E-state index is -0.437. The van der Waals surface area contributed by atoms with Gasteiger partial charge >= 0.3 is 5.97 Å². The highest BCUT2D eigenvalue weighted by Gasteiger charge is 2.25. The average Bonchev–Trinajstić information content (AvgIpc) is 2.54. The fourth-order valence-electron chi connectivity index (χ4n) is 2.86. The number of halogens is 1. The van der Waals surface area contributed by atoms with Gasteiger partial charge in [-0.25, -0.2) is 4.79 Å². The SMILES string of the molecule is C=C(C)C(=O)Oc1c2c(c(OC)c3ccccc13)CC=C(Cl)C2. The van der Waals surface area contributed by atoms with Gasteiger partial charge in [-0.05, 0) is 13.3 Å². The van der Waals surface area contributed by atoms with Crippen LogP contribution in [0.25, 0.3) is 10.8 Å². The van der Waals surface area contributed by atoms with Crippen molar-refractivity contribution in [3.63, 3.8) is 0 Å². The Balaban J connectivity index is 2.31. The monoisotopic (exact) mass is 328 g/mol. The highest BCUT2D eigenvalue weighted by Crippen LogP contribution is 2.44. The fraction of sp³-hybridized carbons (Fsp3) is 0.211. The van der Waals surface area contributed by atoms with Gasteiger partial charge in [0.15, 0.2) is 0 Å². The number of ether oxygens (including phenoxy) is 2. The van der Waals surface area contributed by atoms with E-state index in [-0.39, 0.29) is 0 Å². The number of esters is 1. The highest BCUT2D eigenvalue weighted by atomic mass is 35.5. The Morgan fingerprint density at radius 3 is 2.43 bits per heavy atom. The van der Waals surface area contributed by atoms with Crippen molar-refractivity contribution < 1.29 is 14.3 Å². The third kappa shape index (κ3) is 2.73. The molecule has 118 valence electrons. The maximum absolute atomic E-state index is 12.1. The molecule has 3 rings (SSSR count). The predicted molar refractivity (Wildman–Crippen MR) is 92.3 cm³/mol. The van der Waals surface area contributed by atoms with E-state index in [4.69, 9.17) is 21.1 Å². The Labute approximate surface area is 140 Å². The van der Waals surface area contributed by atoms with Gasteiger partial charge in [0.2, 0.25) is 0 Å². The summed E-state index contributed by atoms with van der Waals surface area (Å²) in [4.78, 5) is 12.1. The fourth-order valence-corrected chi connectivity index (χ4v) is 3.08. The van der Waals surface area contributed by atoms with Crippen molar-refractivity contribution in [3.05, 3.63) is 58.7 Å². The van der Waals surface area contributed by atoms with Gasteiger partial charge in [-0.15, -0.1) is 0 Å². The molecule has 2 aromatic rings. The van der Waals surface area contributed by atoms with Gasteiger partial charge in [0.1, 0.15) is 11.5 Å². The standard InChI is InChI=1S/C19H17ClO3/c1-11(2)19(21)23-18-14-7-5-4-6-13(14)17(22-3)15-9-8-12(20)10-16(15)18/h4-8H,1,9-10H2,2-3H3. The van der Waals surface area contributed by atoms with Gasteiger partial charge < -0.3 is 9.47 Å². The third-order valence-electron chi connectivity index (χ3n) is 3.95. The molecular weight excluding hydrogens is 312 g/mol. The maximum atomic E-state index is 12.1. The van der Waals surface area contributed by atoms with E-state index in [1.165, 1.54) is 0 Å². The summed E-state index contributed by atoms with van der Waals surface area (Å²) >= 11 is 6.22. The summed E-state index contributed by atoms with van der Waals surface area (Å²) in [5.74, 6) is 0.926. The Morgan fingerprint density at radius 2 is 1.83 bits per heavy atom. The summed E-state index contributed by atoms with van der Waals surface area (Å²) in [5, 5.41) is 2.50. The van der Waals surface area contributed by atoms with E-state index in [0.717, 1.165) is 32.7 Å².